The SMILES string of the molecule is Cc1cc(C(=O)[C@H](C)Sc2nnc(-c3ccco3)o2)c(C)n1Cc1ccco1. The van der Waals surface area contributed by atoms with Gasteiger partial charge in [-0.05, 0) is 51.1 Å². The number of thioether (sulfide) groups is 1. The van der Waals surface area contributed by atoms with Gasteiger partial charge in [0.15, 0.2) is 11.5 Å². The van der Waals surface area contributed by atoms with Crippen molar-refractivity contribution in [3.05, 3.63) is 65.6 Å². The zero-order valence-corrected chi connectivity index (χ0v) is 16.5. The molecule has 0 aromatic carbocycles. The van der Waals surface area contributed by atoms with E-state index in [9.17, 15) is 4.79 Å². The molecule has 4 aromatic rings. The molecule has 0 saturated carbocycles. The smallest absolute Gasteiger partial charge is 0.284 e. The average molecular weight is 397 g/mol. The summed E-state index contributed by atoms with van der Waals surface area (Å²) in [5.41, 5.74) is 2.61. The van der Waals surface area contributed by atoms with E-state index in [2.05, 4.69) is 14.8 Å². The van der Waals surface area contributed by atoms with Gasteiger partial charge < -0.3 is 17.8 Å². The van der Waals surface area contributed by atoms with E-state index in [-0.39, 0.29) is 11.0 Å². The van der Waals surface area contributed by atoms with Crippen molar-refractivity contribution in [1.29, 1.82) is 0 Å². The number of aryl methyl sites for hydroxylation is 1. The van der Waals surface area contributed by atoms with Crippen molar-refractivity contribution in [2.45, 2.75) is 37.8 Å². The van der Waals surface area contributed by atoms with Crippen LogP contribution in [0.2, 0.25) is 0 Å². The predicted octanol–water partition coefficient (Wildman–Crippen LogP) is 4.75. The van der Waals surface area contributed by atoms with Crippen molar-refractivity contribution < 1.29 is 18.0 Å². The molecule has 0 fully saturated rings. The number of carbonyl (C=O) groups is 1. The zero-order chi connectivity index (χ0) is 19.7. The Morgan fingerprint density at radius 1 is 1.18 bits per heavy atom. The van der Waals surface area contributed by atoms with E-state index in [1.807, 2.05) is 39.0 Å². The quantitative estimate of drug-likeness (QED) is 0.328. The fourth-order valence-corrected chi connectivity index (χ4v) is 3.78. The van der Waals surface area contributed by atoms with Gasteiger partial charge in [0.1, 0.15) is 5.76 Å². The molecule has 4 rings (SSSR count). The van der Waals surface area contributed by atoms with Crippen LogP contribution in [-0.4, -0.2) is 25.8 Å². The second kappa shape index (κ2) is 7.55. The van der Waals surface area contributed by atoms with E-state index in [1.165, 1.54) is 18.0 Å². The van der Waals surface area contributed by atoms with E-state index < -0.39 is 0 Å². The topological polar surface area (TPSA) is 87.2 Å². The molecule has 0 aliphatic heterocycles. The summed E-state index contributed by atoms with van der Waals surface area (Å²) in [7, 11) is 0. The highest BCUT2D eigenvalue weighted by Crippen LogP contribution is 2.29. The van der Waals surface area contributed by atoms with E-state index >= 15 is 0 Å². The first-order chi connectivity index (χ1) is 13.5. The van der Waals surface area contributed by atoms with Crippen LogP contribution in [0.3, 0.4) is 0 Å². The minimum atomic E-state index is -0.373. The predicted molar refractivity (Wildman–Crippen MR) is 103 cm³/mol. The lowest BCUT2D eigenvalue weighted by atomic mass is 10.1. The Labute approximate surface area is 165 Å². The van der Waals surface area contributed by atoms with Crippen LogP contribution in [0.1, 0.15) is 34.4 Å². The Hall–Kier alpha value is -3.00. The Kier molecular flexibility index (Phi) is 4.95. The van der Waals surface area contributed by atoms with Gasteiger partial charge in [-0.3, -0.25) is 4.79 Å². The molecule has 1 atom stereocenters. The molecule has 0 amide bonds. The van der Waals surface area contributed by atoms with E-state index in [1.54, 1.807) is 18.4 Å². The molecule has 0 radical (unpaired) electrons. The average Bonchev–Trinajstić information content (AvgIpc) is 3.46. The summed E-state index contributed by atoms with van der Waals surface area (Å²) in [6.45, 7) is 6.36. The molecule has 4 aromatic heterocycles. The summed E-state index contributed by atoms with van der Waals surface area (Å²) in [6, 6.07) is 9.18. The van der Waals surface area contributed by atoms with Crippen molar-refractivity contribution in [1.82, 2.24) is 14.8 Å². The van der Waals surface area contributed by atoms with Crippen LogP contribution in [0, 0.1) is 13.8 Å². The number of aromatic nitrogens is 3. The first-order valence-corrected chi connectivity index (χ1v) is 9.68. The lowest BCUT2D eigenvalue weighted by Crippen LogP contribution is -2.15. The highest BCUT2D eigenvalue weighted by molar-refractivity contribution is 8.00. The molecule has 0 aliphatic carbocycles. The second-order valence-corrected chi connectivity index (χ2v) is 7.72. The van der Waals surface area contributed by atoms with Gasteiger partial charge in [0.2, 0.25) is 0 Å². The van der Waals surface area contributed by atoms with Gasteiger partial charge in [0.25, 0.3) is 11.1 Å². The summed E-state index contributed by atoms with van der Waals surface area (Å²) in [6.07, 6.45) is 3.19. The molecule has 28 heavy (non-hydrogen) atoms. The number of nitrogens with zero attached hydrogens (tertiary/aromatic N) is 3. The van der Waals surface area contributed by atoms with Crippen molar-refractivity contribution in [3.8, 4) is 11.7 Å². The minimum Gasteiger partial charge on any atom is -0.467 e. The van der Waals surface area contributed by atoms with Gasteiger partial charge in [-0.1, -0.05) is 11.8 Å². The molecule has 0 unspecified atom stereocenters. The van der Waals surface area contributed by atoms with Crippen LogP contribution < -0.4 is 0 Å². The molecular formula is C20H19N3O4S. The molecule has 7 nitrogen and oxygen atoms in total. The van der Waals surface area contributed by atoms with Crippen molar-refractivity contribution >= 4 is 17.5 Å². The maximum atomic E-state index is 13.0. The number of ketones is 1. The van der Waals surface area contributed by atoms with Crippen LogP contribution in [0.25, 0.3) is 11.7 Å². The van der Waals surface area contributed by atoms with Crippen LogP contribution in [0.5, 0.6) is 0 Å². The number of carbonyl (C=O) groups excluding carboxylic acids is 1. The number of furan rings is 2. The minimum absolute atomic E-state index is 0.0153. The summed E-state index contributed by atoms with van der Waals surface area (Å²) in [4.78, 5) is 13.0. The molecule has 0 saturated heterocycles. The van der Waals surface area contributed by atoms with Gasteiger partial charge in [0.05, 0.1) is 24.3 Å². The Balaban J connectivity index is 1.49. The lowest BCUT2D eigenvalue weighted by molar-refractivity contribution is 0.0993. The maximum absolute atomic E-state index is 13.0. The third-order valence-corrected chi connectivity index (χ3v) is 5.45. The van der Waals surface area contributed by atoms with Gasteiger partial charge in [-0.2, -0.15) is 0 Å². The number of Topliss-reactive ketones (excluding diaryl/α,β-unsaturated/α-hetero) is 1. The fraction of sp³-hybridized carbons (Fsp3) is 0.250. The molecule has 0 bridgehead atoms. The second-order valence-electron chi connectivity index (χ2n) is 6.43. The number of rotatable bonds is 7. The Morgan fingerprint density at radius 2 is 1.96 bits per heavy atom. The summed E-state index contributed by atoms with van der Waals surface area (Å²) >= 11 is 1.23. The highest BCUT2D eigenvalue weighted by atomic mass is 32.2. The van der Waals surface area contributed by atoms with E-state index in [4.69, 9.17) is 13.3 Å². The van der Waals surface area contributed by atoms with E-state index in [0.717, 1.165) is 17.1 Å². The molecule has 144 valence electrons. The Morgan fingerprint density at radius 3 is 2.68 bits per heavy atom. The third kappa shape index (κ3) is 3.55. The van der Waals surface area contributed by atoms with Crippen LogP contribution in [-0.2, 0) is 6.54 Å². The molecule has 4 heterocycles. The van der Waals surface area contributed by atoms with Gasteiger partial charge in [-0.15, -0.1) is 10.2 Å². The zero-order valence-electron chi connectivity index (χ0n) is 15.7. The summed E-state index contributed by atoms with van der Waals surface area (Å²) < 4.78 is 18.3. The van der Waals surface area contributed by atoms with E-state index in [0.29, 0.717) is 29.0 Å². The summed E-state index contributed by atoms with van der Waals surface area (Å²) in [5, 5.41) is 7.92. The van der Waals surface area contributed by atoms with Gasteiger partial charge >= 0.3 is 0 Å². The van der Waals surface area contributed by atoms with Crippen molar-refractivity contribution in [2.24, 2.45) is 0 Å². The largest absolute Gasteiger partial charge is 0.467 e. The van der Waals surface area contributed by atoms with Gasteiger partial charge in [0, 0.05) is 17.0 Å². The lowest BCUT2D eigenvalue weighted by Gasteiger charge is -2.09. The maximum Gasteiger partial charge on any atom is 0.284 e. The number of hydrogen-bond acceptors (Lipinski definition) is 7. The summed E-state index contributed by atoms with van der Waals surface area (Å²) in [5.74, 6) is 1.66. The van der Waals surface area contributed by atoms with Gasteiger partial charge in [-0.25, -0.2) is 0 Å². The first kappa shape index (κ1) is 18.4. The monoisotopic (exact) mass is 397 g/mol. The third-order valence-electron chi connectivity index (χ3n) is 4.52. The number of hydrogen-bond donors (Lipinski definition) is 0. The molecule has 0 aliphatic rings. The molecular weight excluding hydrogens is 378 g/mol. The van der Waals surface area contributed by atoms with Crippen molar-refractivity contribution in [2.75, 3.05) is 0 Å². The van der Waals surface area contributed by atoms with Crippen LogP contribution in [0.15, 0.2) is 61.3 Å². The van der Waals surface area contributed by atoms with Crippen LogP contribution in [0.4, 0.5) is 0 Å². The molecule has 8 heteroatoms. The fourth-order valence-electron chi connectivity index (χ4n) is 3.03. The molecule has 0 N–H and O–H groups in total. The Bertz CT molecular complexity index is 1080. The normalized spacial score (nSPS) is 12.4. The first-order valence-electron chi connectivity index (χ1n) is 8.80. The standard InChI is InChI=1S/C20H19N3O4S/c1-12-10-16(13(2)23(12)11-15-6-4-8-25-15)18(24)14(3)28-20-22-21-19(27-20)17-7-5-9-26-17/h4-10,14H,11H2,1-3H3/t14-/m0/s1. The highest BCUT2D eigenvalue weighted by Gasteiger charge is 2.24. The molecule has 0 spiro atoms. The van der Waals surface area contributed by atoms with Crippen molar-refractivity contribution in [3.63, 3.8) is 0 Å². The van der Waals surface area contributed by atoms with Crippen LogP contribution >= 0.6 is 11.8 Å².